The Bertz CT molecular complexity index is 1190. The molecule has 0 radical (unpaired) electrons. The third kappa shape index (κ3) is 5.15. The smallest absolute Gasteiger partial charge is 0.420 e. The molecule has 11 heteroatoms. The molecule has 1 aliphatic heterocycles. The molecule has 1 fully saturated rings. The molecule has 0 unspecified atom stereocenters. The van der Waals surface area contributed by atoms with E-state index >= 15 is 0 Å². The number of aromatic nitrogens is 2. The summed E-state index contributed by atoms with van der Waals surface area (Å²) in [6, 6.07) is 7.14. The Morgan fingerprint density at radius 1 is 1.21 bits per heavy atom. The normalized spacial score (nSPS) is 14.9. The number of carboxylic acid groups (broad SMARTS) is 1. The van der Waals surface area contributed by atoms with Gasteiger partial charge in [-0.25, -0.2) is 14.8 Å². The largest absolute Gasteiger partial charge is 0.478 e. The number of rotatable bonds is 6. The highest BCUT2D eigenvalue weighted by molar-refractivity contribution is 7.13. The summed E-state index contributed by atoms with van der Waals surface area (Å²) in [5.74, 6) is -1.20. The van der Waals surface area contributed by atoms with E-state index in [1.165, 1.54) is 11.4 Å². The standard InChI is InChI=1S/C23H24F3N5O2S/c1-3-14-10-16(31-8-6-30(2)7-9-31)4-5-18(14)28-22-27-12-17(23(24,25)26)20(29-22)19-11-15(13-34-19)21(32)33/h4-5,10-13H,3,6-9H2,1-2H3,(H,32,33)(H,27,28,29). The number of hydrogen-bond acceptors (Lipinski definition) is 7. The molecule has 34 heavy (non-hydrogen) atoms. The number of anilines is 3. The maximum absolute atomic E-state index is 13.6. The molecule has 1 aliphatic rings. The maximum Gasteiger partial charge on any atom is 0.420 e. The van der Waals surface area contributed by atoms with Gasteiger partial charge in [-0.3, -0.25) is 0 Å². The van der Waals surface area contributed by atoms with Crippen molar-refractivity contribution >= 4 is 34.6 Å². The van der Waals surface area contributed by atoms with Gasteiger partial charge in [0.1, 0.15) is 5.56 Å². The zero-order valence-electron chi connectivity index (χ0n) is 18.7. The minimum atomic E-state index is -4.68. The van der Waals surface area contributed by atoms with E-state index in [0.29, 0.717) is 12.1 Å². The second kappa shape index (κ2) is 9.59. The number of benzene rings is 1. The lowest BCUT2D eigenvalue weighted by molar-refractivity contribution is -0.137. The van der Waals surface area contributed by atoms with Gasteiger partial charge in [-0.2, -0.15) is 13.2 Å². The Morgan fingerprint density at radius 3 is 2.56 bits per heavy atom. The molecule has 7 nitrogen and oxygen atoms in total. The van der Waals surface area contributed by atoms with Gasteiger partial charge in [-0.1, -0.05) is 6.92 Å². The van der Waals surface area contributed by atoms with Gasteiger partial charge in [0.2, 0.25) is 5.95 Å². The fourth-order valence-corrected chi connectivity index (χ4v) is 4.67. The Morgan fingerprint density at radius 2 is 1.94 bits per heavy atom. The number of piperazine rings is 1. The van der Waals surface area contributed by atoms with E-state index in [2.05, 4.69) is 38.2 Å². The first-order valence-electron chi connectivity index (χ1n) is 10.8. The van der Waals surface area contributed by atoms with Crippen LogP contribution in [0, 0.1) is 0 Å². The number of thiophene rings is 1. The molecule has 2 N–H and O–H groups in total. The van der Waals surface area contributed by atoms with Crippen molar-refractivity contribution < 1.29 is 23.1 Å². The minimum Gasteiger partial charge on any atom is -0.478 e. The number of hydrogen-bond donors (Lipinski definition) is 2. The summed E-state index contributed by atoms with van der Waals surface area (Å²) in [7, 11) is 2.10. The number of carboxylic acids is 1. The highest BCUT2D eigenvalue weighted by Crippen LogP contribution is 2.38. The van der Waals surface area contributed by atoms with Crippen LogP contribution in [0.3, 0.4) is 0 Å². The summed E-state index contributed by atoms with van der Waals surface area (Å²) in [4.78, 5) is 23.9. The zero-order chi connectivity index (χ0) is 24.5. The molecule has 4 rings (SSSR count). The van der Waals surface area contributed by atoms with Gasteiger partial charge < -0.3 is 20.2 Å². The van der Waals surface area contributed by atoms with E-state index < -0.39 is 17.7 Å². The summed E-state index contributed by atoms with van der Waals surface area (Å²) in [6.45, 7) is 5.83. The van der Waals surface area contributed by atoms with Crippen LogP contribution in [0.4, 0.5) is 30.5 Å². The van der Waals surface area contributed by atoms with Crippen LogP contribution in [0.25, 0.3) is 10.6 Å². The molecular formula is C23H24F3N5O2S. The van der Waals surface area contributed by atoms with Crippen molar-refractivity contribution in [1.82, 2.24) is 14.9 Å². The monoisotopic (exact) mass is 491 g/mol. The third-order valence-corrected chi connectivity index (χ3v) is 6.70. The van der Waals surface area contributed by atoms with Gasteiger partial charge in [0.15, 0.2) is 0 Å². The topological polar surface area (TPSA) is 81.6 Å². The summed E-state index contributed by atoms with van der Waals surface area (Å²) < 4.78 is 40.8. The predicted octanol–water partition coefficient (Wildman–Crippen LogP) is 4.98. The summed E-state index contributed by atoms with van der Waals surface area (Å²) in [6.07, 6.45) is -3.24. The van der Waals surface area contributed by atoms with Crippen molar-refractivity contribution in [3.8, 4) is 10.6 Å². The second-order valence-electron chi connectivity index (χ2n) is 8.07. The average molecular weight is 492 g/mol. The fourth-order valence-electron chi connectivity index (χ4n) is 3.79. The lowest BCUT2D eigenvalue weighted by atomic mass is 10.1. The molecule has 0 saturated carbocycles. The van der Waals surface area contributed by atoms with E-state index in [1.54, 1.807) is 0 Å². The molecule has 0 spiro atoms. The first-order chi connectivity index (χ1) is 16.2. The van der Waals surface area contributed by atoms with Crippen molar-refractivity contribution in [1.29, 1.82) is 0 Å². The molecule has 3 aromatic rings. The molecule has 0 atom stereocenters. The first-order valence-corrected chi connectivity index (χ1v) is 11.6. The molecule has 0 bridgehead atoms. The predicted molar refractivity (Wildman–Crippen MR) is 126 cm³/mol. The number of halogens is 3. The number of alkyl halides is 3. The van der Waals surface area contributed by atoms with Crippen molar-refractivity contribution in [2.75, 3.05) is 43.4 Å². The van der Waals surface area contributed by atoms with E-state index in [1.807, 2.05) is 19.1 Å². The first kappa shape index (κ1) is 24.0. The van der Waals surface area contributed by atoms with Crippen molar-refractivity contribution in [3.05, 3.63) is 52.5 Å². The highest BCUT2D eigenvalue weighted by Gasteiger charge is 2.36. The van der Waals surface area contributed by atoms with Gasteiger partial charge >= 0.3 is 12.1 Å². The molecule has 0 aliphatic carbocycles. The Labute approximate surface area is 198 Å². The average Bonchev–Trinajstić information content (AvgIpc) is 3.30. The van der Waals surface area contributed by atoms with Gasteiger partial charge in [0.05, 0.1) is 16.1 Å². The number of aromatic carboxylic acids is 1. The number of nitrogens with zero attached hydrogens (tertiary/aromatic N) is 4. The molecule has 1 aromatic carbocycles. The van der Waals surface area contributed by atoms with Crippen LogP contribution in [-0.4, -0.2) is 59.2 Å². The van der Waals surface area contributed by atoms with Crippen molar-refractivity contribution in [2.45, 2.75) is 19.5 Å². The lowest BCUT2D eigenvalue weighted by Crippen LogP contribution is -2.44. The highest BCUT2D eigenvalue weighted by atomic mass is 32.1. The van der Waals surface area contributed by atoms with E-state index in [4.69, 9.17) is 5.11 Å². The van der Waals surface area contributed by atoms with Crippen LogP contribution >= 0.6 is 11.3 Å². The van der Waals surface area contributed by atoms with E-state index in [0.717, 1.165) is 55.0 Å². The Balaban J connectivity index is 1.65. The van der Waals surface area contributed by atoms with Gasteiger partial charge in [0, 0.05) is 49.1 Å². The summed E-state index contributed by atoms with van der Waals surface area (Å²) in [5, 5.41) is 13.5. The number of nitrogens with one attached hydrogen (secondary N) is 1. The Hall–Kier alpha value is -3.18. The van der Waals surface area contributed by atoms with Gasteiger partial charge in [0.25, 0.3) is 0 Å². The van der Waals surface area contributed by atoms with Crippen LogP contribution in [0.15, 0.2) is 35.8 Å². The van der Waals surface area contributed by atoms with Crippen LogP contribution in [0.5, 0.6) is 0 Å². The molecule has 0 amide bonds. The molecule has 3 heterocycles. The fraction of sp³-hybridized carbons (Fsp3) is 0.348. The second-order valence-corrected chi connectivity index (χ2v) is 8.98. The van der Waals surface area contributed by atoms with E-state index in [9.17, 15) is 18.0 Å². The van der Waals surface area contributed by atoms with Crippen LogP contribution in [-0.2, 0) is 12.6 Å². The van der Waals surface area contributed by atoms with Crippen LogP contribution in [0.2, 0.25) is 0 Å². The minimum absolute atomic E-state index is 0.00956. The Kier molecular flexibility index (Phi) is 6.76. The zero-order valence-corrected chi connectivity index (χ0v) is 19.5. The van der Waals surface area contributed by atoms with Crippen LogP contribution in [0.1, 0.15) is 28.4 Å². The summed E-state index contributed by atoms with van der Waals surface area (Å²) >= 11 is 0.894. The molecule has 1 saturated heterocycles. The van der Waals surface area contributed by atoms with Crippen molar-refractivity contribution in [2.24, 2.45) is 0 Å². The quantitative estimate of drug-likeness (QED) is 0.503. The SMILES string of the molecule is CCc1cc(N2CCN(C)CC2)ccc1Nc1ncc(C(F)(F)F)c(-c2cc(C(=O)O)cs2)n1. The summed E-state index contributed by atoms with van der Waals surface area (Å²) in [5.41, 5.74) is 1.35. The maximum atomic E-state index is 13.6. The third-order valence-electron chi connectivity index (χ3n) is 5.76. The van der Waals surface area contributed by atoms with E-state index in [-0.39, 0.29) is 22.1 Å². The van der Waals surface area contributed by atoms with Gasteiger partial charge in [-0.05, 0) is 43.3 Å². The van der Waals surface area contributed by atoms with Crippen LogP contribution < -0.4 is 10.2 Å². The number of aryl methyl sites for hydroxylation is 1. The number of carbonyl (C=O) groups is 1. The van der Waals surface area contributed by atoms with Crippen molar-refractivity contribution in [3.63, 3.8) is 0 Å². The van der Waals surface area contributed by atoms with Gasteiger partial charge in [-0.15, -0.1) is 11.3 Å². The molecule has 180 valence electrons. The lowest BCUT2D eigenvalue weighted by Gasteiger charge is -2.34. The number of likely N-dealkylation sites (N-methyl/N-ethyl adjacent to an activating group) is 1. The molecule has 2 aromatic heterocycles. The molecular weight excluding hydrogens is 467 g/mol.